The molecule has 0 bridgehead atoms. The normalized spacial score (nSPS) is 16.2. The van der Waals surface area contributed by atoms with Gasteiger partial charge >= 0.3 is 0 Å². The third-order valence-electron chi connectivity index (χ3n) is 5.72. The molecule has 2 aliphatic rings. The second kappa shape index (κ2) is 8.35. The Labute approximate surface area is 195 Å². The Hall–Kier alpha value is -3.68. The fourth-order valence-electron chi connectivity index (χ4n) is 4.09. The number of Topliss-reactive ketones (excluding diaryl/α,β-unsaturated/α-hetero) is 1. The summed E-state index contributed by atoms with van der Waals surface area (Å²) in [7, 11) is 0. The van der Waals surface area contributed by atoms with Crippen LogP contribution in [-0.2, 0) is 13.1 Å². The molecule has 0 amide bonds. The van der Waals surface area contributed by atoms with Crippen molar-refractivity contribution in [3.05, 3.63) is 103 Å². The van der Waals surface area contributed by atoms with Gasteiger partial charge in [0.25, 0.3) is 5.69 Å². The summed E-state index contributed by atoms with van der Waals surface area (Å²) in [6.07, 6.45) is 1.60. The number of nitro groups is 1. The van der Waals surface area contributed by atoms with E-state index in [4.69, 9.17) is 21.1 Å². The molecule has 0 unspecified atom stereocenters. The highest BCUT2D eigenvalue weighted by molar-refractivity contribution is 6.30. The van der Waals surface area contributed by atoms with Crippen LogP contribution in [0, 0.1) is 17.0 Å². The SMILES string of the molecule is Cc1c2c(cc3c1O/C(=C\c1ccc([N+](=O)[O-])cc1)C3=O)CN(Cc1ccc(Cl)cc1)CO2. The van der Waals surface area contributed by atoms with E-state index < -0.39 is 4.92 Å². The van der Waals surface area contributed by atoms with E-state index in [-0.39, 0.29) is 17.2 Å². The van der Waals surface area contributed by atoms with Gasteiger partial charge in [-0.25, -0.2) is 0 Å². The molecule has 5 rings (SSSR count). The predicted molar refractivity (Wildman–Crippen MR) is 123 cm³/mol. The van der Waals surface area contributed by atoms with Crippen LogP contribution in [0.2, 0.25) is 5.02 Å². The minimum atomic E-state index is -0.464. The smallest absolute Gasteiger partial charge is 0.269 e. The number of ketones is 1. The van der Waals surface area contributed by atoms with Gasteiger partial charge in [-0.05, 0) is 54.5 Å². The number of carbonyl (C=O) groups is 1. The maximum Gasteiger partial charge on any atom is 0.269 e. The van der Waals surface area contributed by atoms with Crippen LogP contribution in [0.15, 0.2) is 60.4 Å². The number of fused-ring (bicyclic) bond motifs is 2. The van der Waals surface area contributed by atoms with Gasteiger partial charge in [-0.15, -0.1) is 0 Å². The van der Waals surface area contributed by atoms with Crippen molar-refractivity contribution in [2.24, 2.45) is 0 Å². The molecular formula is C25H19ClN2O5. The molecule has 0 fully saturated rings. The van der Waals surface area contributed by atoms with Crippen molar-refractivity contribution in [2.75, 3.05) is 6.73 Å². The number of nitro benzene ring substituents is 1. The van der Waals surface area contributed by atoms with E-state index >= 15 is 0 Å². The van der Waals surface area contributed by atoms with E-state index in [0.29, 0.717) is 41.7 Å². The number of hydrogen-bond donors (Lipinski definition) is 0. The maximum absolute atomic E-state index is 13.1. The zero-order valence-corrected chi connectivity index (χ0v) is 18.5. The molecule has 0 saturated carbocycles. The summed E-state index contributed by atoms with van der Waals surface area (Å²) in [5.41, 5.74) is 3.97. The first-order valence-electron chi connectivity index (χ1n) is 10.3. The summed E-state index contributed by atoms with van der Waals surface area (Å²) in [4.78, 5) is 25.6. The first-order valence-corrected chi connectivity index (χ1v) is 10.7. The van der Waals surface area contributed by atoms with E-state index in [1.165, 1.54) is 12.1 Å². The predicted octanol–water partition coefficient (Wildman–Crippen LogP) is 5.52. The number of carbonyl (C=O) groups excluding carboxylic acids is 1. The second-order valence-electron chi connectivity index (χ2n) is 8.04. The van der Waals surface area contributed by atoms with Gasteiger partial charge in [0.05, 0.1) is 10.5 Å². The van der Waals surface area contributed by atoms with Gasteiger partial charge in [-0.3, -0.25) is 19.8 Å². The number of non-ortho nitro benzene ring substituents is 1. The summed E-state index contributed by atoms with van der Waals surface area (Å²) in [6.45, 7) is 3.65. The molecule has 3 aromatic carbocycles. The average Bonchev–Trinajstić information content (AvgIpc) is 3.11. The zero-order valence-electron chi connectivity index (χ0n) is 17.7. The van der Waals surface area contributed by atoms with Crippen LogP contribution < -0.4 is 9.47 Å². The molecule has 0 radical (unpaired) electrons. The van der Waals surface area contributed by atoms with Gasteiger partial charge in [0.1, 0.15) is 18.2 Å². The van der Waals surface area contributed by atoms with Gasteiger partial charge in [0.15, 0.2) is 5.76 Å². The highest BCUT2D eigenvalue weighted by Crippen LogP contribution is 2.43. The number of allylic oxidation sites excluding steroid dienone is 1. The molecule has 33 heavy (non-hydrogen) atoms. The van der Waals surface area contributed by atoms with E-state index in [9.17, 15) is 14.9 Å². The van der Waals surface area contributed by atoms with E-state index in [1.54, 1.807) is 18.2 Å². The average molecular weight is 463 g/mol. The Bertz CT molecular complexity index is 1300. The van der Waals surface area contributed by atoms with Crippen LogP contribution in [0.4, 0.5) is 5.69 Å². The van der Waals surface area contributed by atoms with Crippen LogP contribution >= 0.6 is 11.6 Å². The molecule has 0 N–H and O–H groups in total. The van der Waals surface area contributed by atoms with Crippen molar-refractivity contribution >= 4 is 29.1 Å². The van der Waals surface area contributed by atoms with Crippen LogP contribution in [0.25, 0.3) is 6.08 Å². The van der Waals surface area contributed by atoms with Gasteiger partial charge in [0.2, 0.25) is 5.78 Å². The fraction of sp³-hybridized carbons (Fsp3) is 0.160. The van der Waals surface area contributed by atoms with Crippen molar-refractivity contribution in [1.82, 2.24) is 4.90 Å². The molecule has 166 valence electrons. The zero-order chi connectivity index (χ0) is 23.1. The minimum absolute atomic E-state index is 0.0112. The minimum Gasteiger partial charge on any atom is -0.477 e. The van der Waals surface area contributed by atoms with Crippen LogP contribution in [0.1, 0.15) is 32.6 Å². The van der Waals surface area contributed by atoms with Crippen LogP contribution in [0.5, 0.6) is 11.5 Å². The highest BCUT2D eigenvalue weighted by atomic mass is 35.5. The molecule has 2 heterocycles. The Balaban J connectivity index is 1.39. The van der Waals surface area contributed by atoms with E-state index in [2.05, 4.69) is 4.90 Å². The summed E-state index contributed by atoms with van der Waals surface area (Å²) < 4.78 is 11.9. The second-order valence-corrected chi connectivity index (χ2v) is 8.48. The lowest BCUT2D eigenvalue weighted by Gasteiger charge is -2.30. The first-order chi connectivity index (χ1) is 15.9. The number of benzene rings is 3. The molecular weight excluding hydrogens is 444 g/mol. The third kappa shape index (κ3) is 4.08. The summed E-state index contributed by atoms with van der Waals surface area (Å²) >= 11 is 5.98. The van der Waals surface area contributed by atoms with Gasteiger partial charge in [0, 0.05) is 41.4 Å². The molecule has 0 saturated heterocycles. The van der Waals surface area contributed by atoms with Crippen molar-refractivity contribution in [3.8, 4) is 11.5 Å². The molecule has 0 aliphatic carbocycles. The van der Waals surface area contributed by atoms with Gasteiger partial charge < -0.3 is 9.47 Å². The van der Waals surface area contributed by atoms with Gasteiger partial charge in [-0.1, -0.05) is 23.7 Å². The molecule has 3 aromatic rings. The van der Waals surface area contributed by atoms with Crippen LogP contribution in [0.3, 0.4) is 0 Å². The molecule has 0 aromatic heterocycles. The first kappa shape index (κ1) is 21.2. The van der Waals surface area contributed by atoms with Gasteiger partial charge in [-0.2, -0.15) is 0 Å². The van der Waals surface area contributed by atoms with Crippen molar-refractivity contribution in [2.45, 2.75) is 20.0 Å². The Morgan fingerprint density at radius 3 is 2.55 bits per heavy atom. The quantitative estimate of drug-likeness (QED) is 0.288. The number of ether oxygens (including phenoxy) is 2. The fourth-order valence-corrected chi connectivity index (χ4v) is 4.22. The van der Waals surface area contributed by atoms with Crippen molar-refractivity contribution < 1.29 is 19.2 Å². The molecule has 7 nitrogen and oxygen atoms in total. The summed E-state index contributed by atoms with van der Waals surface area (Å²) in [6, 6.07) is 15.5. The lowest BCUT2D eigenvalue weighted by atomic mass is 10.00. The number of halogens is 1. The largest absolute Gasteiger partial charge is 0.477 e. The van der Waals surface area contributed by atoms with Crippen molar-refractivity contribution in [1.29, 1.82) is 0 Å². The molecule has 0 spiro atoms. The number of rotatable bonds is 4. The summed E-state index contributed by atoms with van der Waals surface area (Å²) in [5.74, 6) is 1.20. The molecule has 8 heteroatoms. The topological polar surface area (TPSA) is 81.9 Å². The maximum atomic E-state index is 13.1. The van der Waals surface area contributed by atoms with E-state index in [1.807, 2.05) is 37.3 Å². The number of hydrogen-bond acceptors (Lipinski definition) is 6. The number of nitrogens with zero attached hydrogens (tertiary/aromatic N) is 2. The lowest BCUT2D eigenvalue weighted by Crippen LogP contribution is -2.32. The Kier molecular flexibility index (Phi) is 5.36. The molecule has 2 aliphatic heterocycles. The highest BCUT2D eigenvalue weighted by Gasteiger charge is 2.33. The third-order valence-corrected chi connectivity index (χ3v) is 5.97. The van der Waals surface area contributed by atoms with Crippen molar-refractivity contribution in [3.63, 3.8) is 0 Å². The monoisotopic (exact) mass is 462 g/mol. The summed E-state index contributed by atoms with van der Waals surface area (Å²) in [5, 5.41) is 11.5. The van der Waals surface area contributed by atoms with Crippen LogP contribution in [-0.4, -0.2) is 22.3 Å². The Morgan fingerprint density at radius 1 is 1.12 bits per heavy atom. The standard InChI is InChI=1S/C25H19ClN2O5/c1-15-24-18(13-27(14-32-24)12-17-2-6-19(26)7-3-17)11-21-23(29)22(33-25(15)21)10-16-4-8-20(9-5-16)28(30)31/h2-11H,12-14H2,1H3/b22-10-. The molecule has 0 atom stereocenters. The van der Waals surface area contributed by atoms with E-state index in [0.717, 1.165) is 22.4 Å². The lowest BCUT2D eigenvalue weighted by molar-refractivity contribution is -0.384. The Morgan fingerprint density at radius 2 is 1.85 bits per heavy atom.